The van der Waals surface area contributed by atoms with Gasteiger partial charge in [-0.3, -0.25) is 4.79 Å². The fraction of sp³-hybridized carbons (Fsp3) is 0.389. The molecule has 1 saturated carbocycles. The minimum Gasteiger partial charge on any atom is -0.355 e. The second-order valence-corrected chi connectivity index (χ2v) is 6.87. The largest absolute Gasteiger partial charge is 0.355 e. The summed E-state index contributed by atoms with van der Waals surface area (Å²) in [4.78, 5) is 23.7. The third-order valence-electron chi connectivity index (χ3n) is 4.55. The zero-order valence-corrected chi connectivity index (χ0v) is 14.3. The normalized spacial score (nSPS) is 16.5. The smallest absolute Gasteiger partial charge is 0.270 e. The maximum Gasteiger partial charge on any atom is 0.270 e. The lowest BCUT2D eigenvalue weighted by Gasteiger charge is -2.26. The molecular formula is C18H19ClN4O. The predicted octanol–water partition coefficient (Wildman–Crippen LogP) is 2.93. The number of carbonyl (C=O) groups excluding carboxylic acids is 1. The van der Waals surface area contributed by atoms with Crippen LogP contribution in [0, 0.1) is 0 Å². The van der Waals surface area contributed by atoms with E-state index in [1.54, 1.807) is 0 Å². The highest BCUT2D eigenvalue weighted by molar-refractivity contribution is 6.31. The van der Waals surface area contributed by atoms with Gasteiger partial charge in [0.2, 0.25) is 0 Å². The summed E-state index contributed by atoms with van der Waals surface area (Å²) < 4.78 is 0. The highest BCUT2D eigenvalue weighted by Gasteiger charge is 2.32. The van der Waals surface area contributed by atoms with Gasteiger partial charge in [-0.15, -0.1) is 0 Å². The molecule has 0 radical (unpaired) electrons. The molecule has 5 nitrogen and oxygen atoms in total. The molecule has 1 aliphatic heterocycles. The number of nitrogens with zero attached hydrogens (tertiary/aromatic N) is 3. The van der Waals surface area contributed by atoms with Crippen LogP contribution in [0.2, 0.25) is 5.02 Å². The zero-order valence-electron chi connectivity index (χ0n) is 13.6. The summed E-state index contributed by atoms with van der Waals surface area (Å²) in [5, 5.41) is 3.62. The molecule has 2 heterocycles. The lowest BCUT2D eigenvalue weighted by atomic mass is 10.1. The summed E-state index contributed by atoms with van der Waals surface area (Å²) in [7, 11) is 2.00. The van der Waals surface area contributed by atoms with Crippen LogP contribution in [0.25, 0.3) is 0 Å². The summed E-state index contributed by atoms with van der Waals surface area (Å²) in [6.45, 7) is 1.28. The van der Waals surface area contributed by atoms with Crippen LogP contribution in [0.4, 0.5) is 5.82 Å². The number of rotatable bonds is 4. The lowest BCUT2D eigenvalue weighted by molar-refractivity contribution is 0.0940. The Labute approximate surface area is 146 Å². The number of benzene rings is 1. The molecule has 1 amide bonds. The lowest BCUT2D eigenvalue weighted by Crippen LogP contribution is -2.35. The summed E-state index contributed by atoms with van der Waals surface area (Å²) in [5.41, 5.74) is 2.53. The SMILES string of the molecule is CN(Cc1ccccc1Cl)c1nc(C2CC2)nc2c1CCNC2=O. The van der Waals surface area contributed by atoms with Crippen molar-refractivity contribution in [2.24, 2.45) is 0 Å². The second-order valence-electron chi connectivity index (χ2n) is 6.46. The number of fused-ring (bicyclic) bond motifs is 1. The topological polar surface area (TPSA) is 58.1 Å². The fourth-order valence-corrected chi connectivity index (χ4v) is 3.28. The Kier molecular flexibility index (Phi) is 3.88. The average molecular weight is 343 g/mol. The van der Waals surface area contributed by atoms with E-state index in [2.05, 4.69) is 15.2 Å². The molecule has 6 heteroatoms. The van der Waals surface area contributed by atoms with Gasteiger partial charge >= 0.3 is 0 Å². The van der Waals surface area contributed by atoms with Crippen molar-refractivity contribution in [3.8, 4) is 0 Å². The van der Waals surface area contributed by atoms with Gasteiger partial charge in [0, 0.05) is 36.6 Å². The molecular weight excluding hydrogens is 324 g/mol. The molecule has 0 atom stereocenters. The Morgan fingerprint density at radius 3 is 2.83 bits per heavy atom. The maximum atomic E-state index is 12.2. The summed E-state index contributed by atoms with van der Waals surface area (Å²) in [6, 6.07) is 7.81. The van der Waals surface area contributed by atoms with Crippen LogP contribution in [0.3, 0.4) is 0 Å². The van der Waals surface area contributed by atoms with Gasteiger partial charge < -0.3 is 10.2 Å². The molecule has 1 aromatic heterocycles. The molecule has 0 unspecified atom stereocenters. The molecule has 0 bridgehead atoms. The standard InChI is InChI=1S/C18H19ClN4O/c1-23(10-12-4-2-3-5-14(12)19)17-13-8-9-20-18(24)15(13)21-16(22-17)11-6-7-11/h2-5,11H,6-10H2,1H3,(H,20,24). The van der Waals surface area contributed by atoms with E-state index in [0.29, 0.717) is 24.7 Å². The van der Waals surface area contributed by atoms with E-state index in [1.807, 2.05) is 31.3 Å². The number of nitrogens with one attached hydrogen (secondary N) is 1. The minimum atomic E-state index is -0.0899. The van der Waals surface area contributed by atoms with Gasteiger partial charge in [-0.2, -0.15) is 0 Å². The third-order valence-corrected chi connectivity index (χ3v) is 4.92. The summed E-state index contributed by atoms with van der Waals surface area (Å²) in [5.74, 6) is 1.97. The molecule has 1 aliphatic carbocycles. The van der Waals surface area contributed by atoms with Crippen molar-refractivity contribution in [2.75, 3.05) is 18.5 Å². The number of carbonyl (C=O) groups is 1. The third kappa shape index (κ3) is 2.84. The predicted molar refractivity (Wildman–Crippen MR) is 93.6 cm³/mol. The number of anilines is 1. The van der Waals surface area contributed by atoms with Gasteiger partial charge in [-0.25, -0.2) is 9.97 Å². The van der Waals surface area contributed by atoms with Crippen molar-refractivity contribution in [1.82, 2.24) is 15.3 Å². The van der Waals surface area contributed by atoms with E-state index in [-0.39, 0.29) is 5.91 Å². The van der Waals surface area contributed by atoms with E-state index in [1.165, 1.54) is 0 Å². The Bertz CT molecular complexity index is 804. The van der Waals surface area contributed by atoms with E-state index < -0.39 is 0 Å². The molecule has 1 aromatic carbocycles. The van der Waals surface area contributed by atoms with Crippen LogP contribution >= 0.6 is 11.6 Å². The second kappa shape index (κ2) is 6.06. The quantitative estimate of drug-likeness (QED) is 0.928. The Morgan fingerprint density at radius 2 is 2.08 bits per heavy atom. The highest BCUT2D eigenvalue weighted by Crippen LogP contribution is 2.39. The van der Waals surface area contributed by atoms with Crippen LogP contribution in [-0.4, -0.2) is 29.5 Å². The maximum absolute atomic E-state index is 12.2. The van der Waals surface area contributed by atoms with Gasteiger partial charge in [0.15, 0.2) is 0 Å². The number of hydrogen-bond donors (Lipinski definition) is 1. The summed E-state index contributed by atoms with van der Waals surface area (Å²) >= 11 is 6.29. The van der Waals surface area contributed by atoms with Crippen molar-refractivity contribution in [3.63, 3.8) is 0 Å². The van der Waals surface area contributed by atoms with Crippen LogP contribution < -0.4 is 10.2 Å². The molecule has 1 N–H and O–H groups in total. The monoisotopic (exact) mass is 342 g/mol. The number of hydrogen-bond acceptors (Lipinski definition) is 4. The van der Waals surface area contributed by atoms with E-state index in [9.17, 15) is 4.79 Å². The Hall–Kier alpha value is -2.14. The first-order chi connectivity index (χ1) is 11.6. The number of halogens is 1. The van der Waals surface area contributed by atoms with Gasteiger partial charge in [0.05, 0.1) is 0 Å². The Balaban J connectivity index is 1.73. The molecule has 2 aliphatic rings. The fourth-order valence-electron chi connectivity index (χ4n) is 3.09. The molecule has 2 aromatic rings. The Morgan fingerprint density at radius 1 is 1.29 bits per heavy atom. The molecule has 0 spiro atoms. The van der Waals surface area contributed by atoms with Crippen LogP contribution in [-0.2, 0) is 13.0 Å². The van der Waals surface area contributed by atoms with Crippen LogP contribution in [0.1, 0.15) is 46.2 Å². The number of amides is 1. The molecule has 4 rings (SSSR count). The first-order valence-electron chi connectivity index (χ1n) is 8.27. The highest BCUT2D eigenvalue weighted by atomic mass is 35.5. The van der Waals surface area contributed by atoms with Gasteiger partial charge in [0.1, 0.15) is 17.3 Å². The van der Waals surface area contributed by atoms with Gasteiger partial charge in [0.25, 0.3) is 5.91 Å². The van der Waals surface area contributed by atoms with Crippen molar-refractivity contribution >= 4 is 23.3 Å². The first-order valence-corrected chi connectivity index (χ1v) is 8.65. The summed E-state index contributed by atoms with van der Waals surface area (Å²) in [6.07, 6.45) is 2.97. The van der Waals surface area contributed by atoms with Crippen molar-refractivity contribution in [3.05, 3.63) is 51.9 Å². The van der Waals surface area contributed by atoms with E-state index in [4.69, 9.17) is 16.6 Å². The average Bonchev–Trinajstić information content (AvgIpc) is 3.41. The van der Waals surface area contributed by atoms with Crippen molar-refractivity contribution < 1.29 is 4.79 Å². The first kappa shape index (κ1) is 15.4. The molecule has 124 valence electrons. The molecule has 24 heavy (non-hydrogen) atoms. The molecule has 0 saturated heterocycles. The van der Waals surface area contributed by atoms with Gasteiger partial charge in [-0.05, 0) is 30.9 Å². The van der Waals surface area contributed by atoms with Crippen molar-refractivity contribution in [1.29, 1.82) is 0 Å². The number of aromatic nitrogens is 2. The van der Waals surface area contributed by atoms with E-state index in [0.717, 1.165) is 47.1 Å². The van der Waals surface area contributed by atoms with Gasteiger partial charge in [-0.1, -0.05) is 29.8 Å². The molecule has 1 fully saturated rings. The zero-order chi connectivity index (χ0) is 16.7. The van der Waals surface area contributed by atoms with E-state index >= 15 is 0 Å². The van der Waals surface area contributed by atoms with Crippen LogP contribution in [0.15, 0.2) is 24.3 Å². The van der Waals surface area contributed by atoms with Crippen LogP contribution in [0.5, 0.6) is 0 Å². The van der Waals surface area contributed by atoms with Crippen molar-refractivity contribution in [2.45, 2.75) is 31.7 Å². The minimum absolute atomic E-state index is 0.0899.